The van der Waals surface area contributed by atoms with Crippen LogP contribution in [0.1, 0.15) is 37.4 Å². The number of benzene rings is 1. The molecule has 0 bridgehead atoms. The third kappa shape index (κ3) is 3.53. The topological polar surface area (TPSA) is 55.1 Å². The molecule has 0 aromatic heterocycles. The van der Waals surface area contributed by atoms with Crippen LogP contribution in [0.3, 0.4) is 0 Å². The Morgan fingerprint density at radius 2 is 2.06 bits per heavy atom. The van der Waals surface area contributed by atoms with Crippen LogP contribution in [-0.4, -0.2) is 10.9 Å². The van der Waals surface area contributed by atoms with Crippen molar-refractivity contribution in [3.63, 3.8) is 0 Å². The second-order valence-electron chi connectivity index (χ2n) is 4.45. The number of hydrogen-bond donors (Lipinski definition) is 2. The first-order valence-corrected chi connectivity index (χ1v) is 6.53. The standard InChI is InChI=1S/C14H20N2OS/c1-4-11(13(15)18)14(17)16-10(3)12-8-6-5-7-9(12)2/h5-8,10-11H,4H2,1-3H3,(H2,15,18)(H,16,17). The summed E-state index contributed by atoms with van der Waals surface area (Å²) in [7, 11) is 0. The van der Waals surface area contributed by atoms with E-state index < -0.39 is 0 Å². The van der Waals surface area contributed by atoms with Crippen LogP contribution in [0, 0.1) is 12.8 Å². The lowest BCUT2D eigenvalue weighted by Crippen LogP contribution is -2.38. The highest BCUT2D eigenvalue weighted by Gasteiger charge is 2.21. The Bertz CT molecular complexity index is 445. The lowest BCUT2D eigenvalue weighted by molar-refractivity contribution is -0.123. The van der Waals surface area contributed by atoms with Gasteiger partial charge in [0.25, 0.3) is 0 Å². The second-order valence-corrected chi connectivity index (χ2v) is 4.92. The summed E-state index contributed by atoms with van der Waals surface area (Å²) in [6.45, 7) is 5.90. The zero-order valence-corrected chi connectivity index (χ0v) is 11.9. The molecule has 0 aliphatic carbocycles. The summed E-state index contributed by atoms with van der Waals surface area (Å²) in [5.41, 5.74) is 7.84. The second kappa shape index (κ2) is 6.50. The molecule has 0 spiro atoms. The quantitative estimate of drug-likeness (QED) is 0.803. The third-order valence-electron chi connectivity index (χ3n) is 3.08. The van der Waals surface area contributed by atoms with Crippen molar-refractivity contribution in [1.82, 2.24) is 5.32 Å². The van der Waals surface area contributed by atoms with Gasteiger partial charge in [0.2, 0.25) is 5.91 Å². The molecule has 4 heteroatoms. The summed E-state index contributed by atoms with van der Waals surface area (Å²) < 4.78 is 0. The van der Waals surface area contributed by atoms with Crippen LogP contribution in [0.5, 0.6) is 0 Å². The van der Waals surface area contributed by atoms with Crippen molar-refractivity contribution < 1.29 is 4.79 Å². The first-order valence-electron chi connectivity index (χ1n) is 6.12. The van der Waals surface area contributed by atoms with Crippen molar-refractivity contribution in [3.8, 4) is 0 Å². The first kappa shape index (κ1) is 14.6. The fourth-order valence-electron chi connectivity index (χ4n) is 1.98. The Morgan fingerprint density at radius 1 is 1.44 bits per heavy atom. The van der Waals surface area contributed by atoms with E-state index in [1.165, 1.54) is 0 Å². The van der Waals surface area contributed by atoms with Crippen LogP contribution in [0.4, 0.5) is 0 Å². The van der Waals surface area contributed by atoms with Gasteiger partial charge in [-0.2, -0.15) is 0 Å². The van der Waals surface area contributed by atoms with E-state index >= 15 is 0 Å². The van der Waals surface area contributed by atoms with E-state index in [4.69, 9.17) is 18.0 Å². The molecular formula is C14H20N2OS. The molecule has 3 nitrogen and oxygen atoms in total. The minimum absolute atomic E-state index is 0.0397. The normalized spacial score (nSPS) is 13.7. The molecule has 0 aliphatic rings. The van der Waals surface area contributed by atoms with Crippen LogP contribution in [0.2, 0.25) is 0 Å². The number of carbonyl (C=O) groups excluding carboxylic acids is 1. The highest BCUT2D eigenvalue weighted by atomic mass is 32.1. The van der Waals surface area contributed by atoms with E-state index in [1.807, 2.05) is 45.0 Å². The fourth-order valence-corrected chi connectivity index (χ4v) is 2.25. The van der Waals surface area contributed by atoms with E-state index in [0.717, 1.165) is 11.1 Å². The number of hydrogen-bond acceptors (Lipinski definition) is 2. The molecule has 0 aliphatic heterocycles. The summed E-state index contributed by atoms with van der Waals surface area (Å²) in [6.07, 6.45) is 0.627. The van der Waals surface area contributed by atoms with E-state index in [2.05, 4.69) is 5.32 Å². The Labute approximate surface area is 114 Å². The molecule has 0 saturated carbocycles. The fraction of sp³-hybridized carbons (Fsp3) is 0.429. The van der Waals surface area contributed by atoms with Gasteiger partial charge in [0.15, 0.2) is 0 Å². The lowest BCUT2D eigenvalue weighted by Gasteiger charge is -2.20. The SMILES string of the molecule is CCC(C(=O)NC(C)c1ccccc1C)C(N)=S. The number of nitrogens with two attached hydrogens (primary N) is 1. The molecule has 1 rings (SSSR count). The summed E-state index contributed by atoms with van der Waals surface area (Å²) in [5, 5.41) is 2.96. The van der Waals surface area contributed by atoms with Crippen LogP contribution >= 0.6 is 12.2 Å². The van der Waals surface area contributed by atoms with Gasteiger partial charge in [-0.3, -0.25) is 4.79 Å². The van der Waals surface area contributed by atoms with E-state index in [-0.39, 0.29) is 22.9 Å². The van der Waals surface area contributed by atoms with Gasteiger partial charge in [-0.15, -0.1) is 0 Å². The molecule has 0 heterocycles. The predicted octanol–water partition coefficient (Wildman–Crippen LogP) is 2.48. The van der Waals surface area contributed by atoms with Gasteiger partial charge < -0.3 is 11.1 Å². The van der Waals surface area contributed by atoms with Gasteiger partial charge in [0.05, 0.1) is 16.9 Å². The first-order chi connectivity index (χ1) is 8.47. The van der Waals surface area contributed by atoms with Crippen LogP contribution in [0.25, 0.3) is 0 Å². The average molecular weight is 264 g/mol. The molecule has 1 amide bonds. The van der Waals surface area contributed by atoms with Gasteiger partial charge >= 0.3 is 0 Å². The van der Waals surface area contributed by atoms with Gasteiger partial charge in [-0.05, 0) is 31.4 Å². The molecule has 3 N–H and O–H groups in total. The minimum atomic E-state index is -0.383. The van der Waals surface area contributed by atoms with Crippen molar-refractivity contribution in [1.29, 1.82) is 0 Å². The predicted molar refractivity (Wildman–Crippen MR) is 78.3 cm³/mol. The van der Waals surface area contributed by atoms with Crippen LogP contribution in [0.15, 0.2) is 24.3 Å². The number of amides is 1. The maximum Gasteiger partial charge on any atom is 0.230 e. The van der Waals surface area contributed by atoms with E-state index in [9.17, 15) is 4.79 Å². The zero-order chi connectivity index (χ0) is 13.7. The monoisotopic (exact) mass is 264 g/mol. The summed E-state index contributed by atoms with van der Waals surface area (Å²) in [6, 6.07) is 7.96. The minimum Gasteiger partial charge on any atom is -0.393 e. The highest BCUT2D eigenvalue weighted by molar-refractivity contribution is 7.80. The van der Waals surface area contributed by atoms with Crippen LogP contribution in [-0.2, 0) is 4.79 Å². The average Bonchev–Trinajstić information content (AvgIpc) is 2.29. The van der Waals surface area contributed by atoms with Crippen molar-refractivity contribution in [3.05, 3.63) is 35.4 Å². The molecule has 2 atom stereocenters. The number of rotatable bonds is 5. The maximum atomic E-state index is 12.0. The molecule has 1 aromatic rings. The molecule has 1 aromatic carbocycles. The molecule has 98 valence electrons. The van der Waals surface area contributed by atoms with Crippen molar-refractivity contribution >= 4 is 23.1 Å². The maximum absolute atomic E-state index is 12.0. The number of carbonyl (C=O) groups is 1. The van der Waals surface area contributed by atoms with Crippen molar-refractivity contribution in [2.24, 2.45) is 11.7 Å². The highest BCUT2D eigenvalue weighted by Crippen LogP contribution is 2.17. The molecule has 2 unspecified atom stereocenters. The van der Waals surface area contributed by atoms with Crippen LogP contribution < -0.4 is 11.1 Å². The largest absolute Gasteiger partial charge is 0.393 e. The Balaban J connectivity index is 2.76. The third-order valence-corrected chi connectivity index (χ3v) is 3.37. The van der Waals surface area contributed by atoms with E-state index in [1.54, 1.807) is 0 Å². The molecular weight excluding hydrogens is 244 g/mol. The van der Waals surface area contributed by atoms with Crippen molar-refractivity contribution in [2.75, 3.05) is 0 Å². The molecule has 0 fully saturated rings. The van der Waals surface area contributed by atoms with Gasteiger partial charge in [-0.1, -0.05) is 43.4 Å². The van der Waals surface area contributed by atoms with Gasteiger partial charge in [0, 0.05) is 0 Å². The summed E-state index contributed by atoms with van der Waals surface area (Å²) in [5.74, 6) is -0.479. The smallest absolute Gasteiger partial charge is 0.230 e. The molecule has 18 heavy (non-hydrogen) atoms. The Kier molecular flexibility index (Phi) is 5.28. The zero-order valence-electron chi connectivity index (χ0n) is 11.1. The number of thiocarbonyl (C=S) groups is 1. The Morgan fingerprint density at radius 3 is 2.56 bits per heavy atom. The number of nitrogens with one attached hydrogen (secondary N) is 1. The summed E-state index contributed by atoms with van der Waals surface area (Å²) in [4.78, 5) is 12.3. The van der Waals surface area contributed by atoms with Gasteiger partial charge in [0.1, 0.15) is 0 Å². The Hall–Kier alpha value is -1.42. The van der Waals surface area contributed by atoms with E-state index in [0.29, 0.717) is 6.42 Å². The lowest BCUT2D eigenvalue weighted by atomic mass is 10.0. The summed E-state index contributed by atoms with van der Waals surface area (Å²) >= 11 is 4.90. The van der Waals surface area contributed by atoms with Crippen molar-refractivity contribution in [2.45, 2.75) is 33.2 Å². The number of aryl methyl sites for hydroxylation is 1. The molecule has 0 saturated heterocycles. The van der Waals surface area contributed by atoms with Gasteiger partial charge in [-0.25, -0.2) is 0 Å². The molecule has 0 radical (unpaired) electrons.